The minimum Gasteiger partial charge on any atom is -0.474 e. The Morgan fingerprint density at radius 2 is 1.88 bits per heavy atom. The van der Waals surface area contributed by atoms with Gasteiger partial charge in [0, 0.05) is 56.0 Å². The number of aliphatic hydroxyl groups excluding tert-OH is 1. The zero-order valence-corrected chi connectivity index (χ0v) is 23.6. The third-order valence-electron chi connectivity index (χ3n) is 9.01. The zero-order valence-electron chi connectivity index (χ0n) is 23.6. The van der Waals surface area contributed by atoms with Gasteiger partial charge in [0.05, 0.1) is 19.3 Å². The van der Waals surface area contributed by atoms with Crippen LogP contribution in [0.15, 0.2) is 18.3 Å². The first-order valence-corrected chi connectivity index (χ1v) is 14.7. The van der Waals surface area contributed by atoms with E-state index in [-0.39, 0.29) is 37.1 Å². The molecule has 6 rings (SSSR count). The van der Waals surface area contributed by atoms with Gasteiger partial charge < -0.3 is 24.4 Å². The number of carbonyl (C=O) groups is 2. The van der Waals surface area contributed by atoms with Crippen molar-refractivity contribution in [3.05, 3.63) is 40.8 Å². The van der Waals surface area contributed by atoms with E-state index in [1.54, 1.807) is 9.58 Å². The number of aromatic nitrogens is 3. The van der Waals surface area contributed by atoms with Crippen LogP contribution in [0.25, 0.3) is 0 Å². The van der Waals surface area contributed by atoms with Gasteiger partial charge in [-0.15, -0.1) is 0 Å². The van der Waals surface area contributed by atoms with Crippen molar-refractivity contribution >= 4 is 11.8 Å². The molecule has 0 radical (unpaired) electrons. The van der Waals surface area contributed by atoms with Crippen molar-refractivity contribution in [3.63, 3.8) is 0 Å². The highest BCUT2D eigenvalue weighted by Crippen LogP contribution is 2.57. The van der Waals surface area contributed by atoms with E-state index in [0.717, 1.165) is 30.2 Å². The van der Waals surface area contributed by atoms with Gasteiger partial charge in [-0.3, -0.25) is 14.3 Å². The number of hydrogen-bond acceptors (Lipinski definition) is 7. The molecular weight excluding hydrogens is 555 g/mol. The van der Waals surface area contributed by atoms with Crippen LogP contribution < -0.4 is 4.74 Å². The van der Waals surface area contributed by atoms with Gasteiger partial charge in [-0.05, 0) is 56.6 Å². The molecule has 228 valence electrons. The molecule has 2 aliphatic heterocycles. The summed E-state index contributed by atoms with van der Waals surface area (Å²) in [6, 6.07) is 1.93. The molecule has 0 spiro atoms. The molecule has 4 atom stereocenters. The number of ether oxygens (including phenoxy) is 2. The summed E-state index contributed by atoms with van der Waals surface area (Å²) in [5.74, 6) is 0.148. The topological polar surface area (TPSA) is 110 Å². The number of rotatable bonds is 8. The highest BCUT2D eigenvalue weighted by atomic mass is 19.4. The molecule has 2 aliphatic carbocycles. The summed E-state index contributed by atoms with van der Waals surface area (Å²) in [6.45, 7) is 3.60. The van der Waals surface area contributed by atoms with Gasteiger partial charge in [-0.1, -0.05) is 0 Å². The molecule has 4 heterocycles. The Labute approximate surface area is 241 Å². The molecule has 42 heavy (non-hydrogen) atoms. The van der Waals surface area contributed by atoms with E-state index in [1.807, 2.05) is 11.8 Å². The second-order valence-electron chi connectivity index (χ2n) is 11.8. The molecule has 0 aromatic carbocycles. The molecule has 1 saturated carbocycles. The van der Waals surface area contributed by atoms with Crippen molar-refractivity contribution in [2.45, 2.75) is 82.3 Å². The number of pyridine rings is 1. The fourth-order valence-electron chi connectivity index (χ4n) is 6.76. The Morgan fingerprint density at radius 3 is 2.60 bits per heavy atom. The van der Waals surface area contributed by atoms with E-state index in [9.17, 15) is 22.8 Å². The van der Waals surface area contributed by atoms with Crippen molar-refractivity contribution in [1.29, 1.82) is 0 Å². The van der Waals surface area contributed by atoms with Gasteiger partial charge in [0.15, 0.2) is 5.69 Å². The zero-order chi connectivity index (χ0) is 29.6. The quantitative estimate of drug-likeness (QED) is 0.503. The van der Waals surface area contributed by atoms with Crippen molar-refractivity contribution in [1.82, 2.24) is 24.6 Å². The molecule has 3 fully saturated rings. The molecule has 2 saturated heterocycles. The van der Waals surface area contributed by atoms with Crippen LogP contribution in [-0.2, 0) is 28.7 Å². The Bertz CT molecular complexity index is 1330. The summed E-state index contributed by atoms with van der Waals surface area (Å²) in [5, 5.41) is 13.7. The number of carbonyl (C=O) groups excluding carboxylic acids is 2. The summed E-state index contributed by atoms with van der Waals surface area (Å²) in [4.78, 5) is 34.4. The van der Waals surface area contributed by atoms with Crippen LogP contribution in [-0.4, -0.2) is 92.6 Å². The molecule has 2 amide bonds. The smallest absolute Gasteiger partial charge is 0.421 e. The molecule has 2 aromatic rings. The Kier molecular flexibility index (Phi) is 7.90. The van der Waals surface area contributed by atoms with Crippen molar-refractivity contribution in [2.24, 2.45) is 5.92 Å². The average molecular weight is 592 g/mol. The number of alkyl halides is 3. The second kappa shape index (κ2) is 11.5. The summed E-state index contributed by atoms with van der Waals surface area (Å²) in [7, 11) is 0. The molecule has 13 heteroatoms. The third kappa shape index (κ3) is 5.72. The van der Waals surface area contributed by atoms with Crippen molar-refractivity contribution in [3.8, 4) is 5.88 Å². The minimum atomic E-state index is -4.57. The lowest BCUT2D eigenvalue weighted by Gasteiger charge is -2.37. The number of nitrogens with zero attached hydrogens (tertiary/aromatic N) is 5. The van der Waals surface area contributed by atoms with E-state index in [2.05, 4.69) is 4.98 Å². The van der Waals surface area contributed by atoms with Crippen LogP contribution in [0.2, 0.25) is 0 Å². The van der Waals surface area contributed by atoms with Crippen molar-refractivity contribution < 1.29 is 37.3 Å². The normalized spacial score (nSPS) is 25.7. The number of piperidine rings is 2. The lowest BCUT2D eigenvalue weighted by molar-refractivity contribution is -0.140. The van der Waals surface area contributed by atoms with E-state index >= 15 is 0 Å². The summed E-state index contributed by atoms with van der Waals surface area (Å²) >= 11 is 0. The molecule has 10 nitrogen and oxygen atoms in total. The van der Waals surface area contributed by atoms with Crippen LogP contribution in [0.5, 0.6) is 5.88 Å². The van der Waals surface area contributed by atoms with Crippen LogP contribution >= 0.6 is 0 Å². The van der Waals surface area contributed by atoms with Gasteiger partial charge in [0.2, 0.25) is 11.8 Å². The second-order valence-corrected chi connectivity index (χ2v) is 11.8. The predicted octanol–water partition coefficient (Wildman–Crippen LogP) is 3.03. The van der Waals surface area contributed by atoms with Crippen LogP contribution in [0.1, 0.15) is 72.3 Å². The number of halogens is 3. The van der Waals surface area contributed by atoms with Crippen molar-refractivity contribution in [2.75, 3.05) is 32.8 Å². The number of amides is 2. The molecular formula is C29H36F3N5O5. The van der Waals surface area contributed by atoms with Gasteiger partial charge in [0.25, 0.3) is 5.91 Å². The highest BCUT2D eigenvalue weighted by Gasteiger charge is 2.51. The molecule has 0 bridgehead atoms. The van der Waals surface area contributed by atoms with Gasteiger partial charge in [-0.2, -0.15) is 18.3 Å². The van der Waals surface area contributed by atoms with Crippen LogP contribution in [0, 0.1) is 5.92 Å². The number of aliphatic hydroxyl groups is 1. The summed E-state index contributed by atoms with van der Waals surface area (Å²) < 4.78 is 53.1. The van der Waals surface area contributed by atoms with E-state index < -0.39 is 23.7 Å². The van der Waals surface area contributed by atoms with Gasteiger partial charge in [0.1, 0.15) is 18.2 Å². The van der Waals surface area contributed by atoms with Gasteiger partial charge in [-0.25, -0.2) is 4.98 Å². The SMILES string of the molecule is C[C@H]1C[C@H](Oc2ncccc2C(F)(F)F)CCN1C(=O)Cn1nc(C(=O)N2CCC(OCCO)CC2)c2c1C[C@H]1C[C@@H]21. The average Bonchev–Trinajstić information content (AvgIpc) is 3.49. The molecule has 2 aromatic heterocycles. The maximum atomic E-state index is 13.6. The maximum absolute atomic E-state index is 13.6. The van der Waals surface area contributed by atoms with E-state index in [4.69, 9.17) is 19.7 Å². The highest BCUT2D eigenvalue weighted by molar-refractivity contribution is 5.95. The first-order valence-electron chi connectivity index (χ1n) is 14.7. The number of fused-ring (bicyclic) bond motifs is 3. The standard InChI is InChI=1S/C29H36F3N5O5/c1-17-13-20(42-27-22(29(30,31)32)3-2-7-33-27)6-10-36(17)24(39)16-37-23-15-18-14-21(18)25(23)26(34-37)28(40)35-8-4-19(5-9-35)41-12-11-38/h2-3,7,17-21,38H,4-6,8-16H2,1H3/t17-,18+,20+,21+/m0/s1. The fourth-order valence-corrected chi connectivity index (χ4v) is 6.76. The summed E-state index contributed by atoms with van der Waals surface area (Å²) in [5.41, 5.74) is 1.50. The molecule has 1 N–H and O–H groups in total. The lowest BCUT2D eigenvalue weighted by atomic mass is 10.0. The number of hydrogen-bond donors (Lipinski definition) is 1. The molecule has 4 aliphatic rings. The monoisotopic (exact) mass is 591 g/mol. The Hall–Kier alpha value is -3.19. The Balaban J connectivity index is 1.10. The fraction of sp³-hybridized carbons (Fsp3) is 0.655. The number of likely N-dealkylation sites (tertiary alicyclic amines) is 2. The van der Waals surface area contributed by atoms with Crippen LogP contribution in [0.3, 0.4) is 0 Å². The van der Waals surface area contributed by atoms with E-state index in [0.29, 0.717) is 69.5 Å². The first kappa shape index (κ1) is 28.9. The lowest BCUT2D eigenvalue weighted by Crippen LogP contribution is -2.48. The van der Waals surface area contributed by atoms with Crippen LogP contribution in [0.4, 0.5) is 13.2 Å². The minimum absolute atomic E-state index is 0.0143. The van der Waals surface area contributed by atoms with Gasteiger partial charge >= 0.3 is 6.18 Å². The molecule has 0 unspecified atom stereocenters. The Morgan fingerprint density at radius 1 is 1.12 bits per heavy atom. The third-order valence-corrected chi connectivity index (χ3v) is 9.01. The van der Waals surface area contributed by atoms with E-state index in [1.165, 1.54) is 12.3 Å². The maximum Gasteiger partial charge on any atom is 0.421 e. The first-order chi connectivity index (χ1) is 20.1. The largest absolute Gasteiger partial charge is 0.474 e. The summed E-state index contributed by atoms with van der Waals surface area (Å²) in [6.07, 6.45) is 0.252. The predicted molar refractivity (Wildman–Crippen MR) is 143 cm³/mol.